The first-order valence-electron chi connectivity index (χ1n) is 11.5. The maximum absolute atomic E-state index is 15.0. The van der Waals surface area contributed by atoms with Crippen molar-refractivity contribution in [3.8, 4) is 11.3 Å². The lowest BCUT2D eigenvalue weighted by molar-refractivity contribution is 0.145. The number of piperidine rings is 1. The molecule has 176 valence electrons. The summed E-state index contributed by atoms with van der Waals surface area (Å²) in [6, 6.07) is 12.2. The van der Waals surface area contributed by atoms with E-state index in [1.165, 1.54) is 12.3 Å². The lowest BCUT2D eigenvalue weighted by Gasteiger charge is -2.31. The summed E-state index contributed by atoms with van der Waals surface area (Å²) in [6.07, 6.45) is 6.29. The van der Waals surface area contributed by atoms with Crippen LogP contribution in [0.2, 0.25) is 0 Å². The van der Waals surface area contributed by atoms with Gasteiger partial charge in [0, 0.05) is 41.9 Å². The Labute approximate surface area is 199 Å². The summed E-state index contributed by atoms with van der Waals surface area (Å²) >= 11 is 0. The zero-order valence-corrected chi connectivity index (χ0v) is 18.8. The number of aromatic amines is 2. The molecule has 0 spiro atoms. The predicted molar refractivity (Wildman–Crippen MR) is 135 cm³/mol. The highest BCUT2D eigenvalue weighted by Gasteiger charge is 2.18. The minimum atomic E-state index is -0.406. The number of H-pyrrole nitrogens is 2. The summed E-state index contributed by atoms with van der Waals surface area (Å²) in [5, 5.41) is 14.2. The van der Waals surface area contributed by atoms with E-state index in [1.807, 2.05) is 18.2 Å². The third-order valence-corrected chi connectivity index (χ3v) is 6.49. The van der Waals surface area contributed by atoms with Gasteiger partial charge in [-0.3, -0.25) is 4.79 Å². The Morgan fingerprint density at radius 3 is 2.69 bits per heavy atom. The molecule has 0 bridgehead atoms. The minimum absolute atomic E-state index is 0.241. The molecule has 5 heterocycles. The first-order valence-corrected chi connectivity index (χ1v) is 11.5. The number of aliphatic hydroxyl groups excluding tert-OH is 1. The summed E-state index contributed by atoms with van der Waals surface area (Å²) in [4.78, 5) is 29.7. The SMILES string of the molecule is O=c1[nH]ccc2nc(-c3cc4cc[nH]c4cc3F)cc(Nc3ccc(N4CCC(O)CC4)cn3)c12. The van der Waals surface area contributed by atoms with E-state index in [0.29, 0.717) is 39.2 Å². The summed E-state index contributed by atoms with van der Waals surface area (Å²) in [7, 11) is 0. The van der Waals surface area contributed by atoms with E-state index in [0.717, 1.165) is 37.0 Å². The zero-order chi connectivity index (χ0) is 23.9. The highest BCUT2D eigenvalue weighted by molar-refractivity contribution is 5.95. The van der Waals surface area contributed by atoms with E-state index in [4.69, 9.17) is 0 Å². The molecule has 35 heavy (non-hydrogen) atoms. The predicted octanol–water partition coefficient (Wildman–Crippen LogP) is 4.31. The van der Waals surface area contributed by atoms with Crippen molar-refractivity contribution >= 4 is 39.0 Å². The van der Waals surface area contributed by atoms with Crippen LogP contribution in [0.3, 0.4) is 0 Å². The smallest absolute Gasteiger partial charge is 0.259 e. The standard InChI is InChI=1S/C26H23FN6O2/c27-19-12-21-15(3-7-28-21)11-18(19)22-13-23(25-20(31-22)4-8-29-26(25)35)32-24-2-1-16(14-30-24)33-9-5-17(34)6-10-33/h1-4,7-8,11-14,17,28,34H,5-6,9-10H2,(H,29,35)(H,30,31,32). The van der Waals surface area contributed by atoms with Crippen LogP contribution >= 0.6 is 0 Å². The second kappa shape index (κ2) is 8.52. The van der Waals surface area contributed by atoms with Gasteiger partial charge >= 0.3 is 0 Å². The molecule has 8 nitrogen and oxygen atoms in total. The van der Waals surface area contributed by atoms with Crippen molar-refractivity contribution in [2.24, 2.45) is 0 Å². The number of halogens is 1. The number of hydrogen-bond donors (Lipinski definition) is 4. The number of rotatable bonds is 4. The van der Waals surface area contributed by atoms with Gasteiger partial charge in [-0.15, -0.1) is 0 Å². The first-order chi connectivity index (χ1) is 17.0. The number of aromatic nitrogens is 4. The van der Waals surface area contributed by atoms with Gasteiger partial charge < -0.3 is 25.3 Å². The van der Waals surface area contributed by atoms with E-state index in [9.17, 15) is 14.3 Å². The number of nitrogens with zero attached hydrogens (tertiary/aromatic N) is 3. The molecular weight excluding hydrogens is 447 g/mol. The molecule has 4 N–H and O–H groups in total. The van der Waals surface area contributed by atoms with Gasteiger partial charge in [0.05, 0.1) is 40.3 Å². The summed E-state index contributed by atoms with van der Waals surface area (Å²) < 4.78 is 15.0. The van der Waals surface area contributed by atoms with Gasteiger partial charge in [-0.1, -0.05) is 0 Å². The Morgan fingerprint density at radius 2 is 1.89 bits per heavy atom. The van der Waals surface area contributed by atoms with Gasteiger partial charge in [0.2, 0.25) is 0 Å². The normalized spacial score (nSPS) is 14.6. The van der Waals surface area contributed by atoms with Crippen LogP contribution in [0.4, 0.5) is 21.6 Å². The summed E-state index contributed by atoms with van der Waals surface area (Å²) in [5.74, 6) is 0.144. The Hall–Kier alpha value is -4.24. The largest absolute Gasteiger partial charge is 0.393 e. The van der Waals surface area contributed by atoms with E-state index < -0.39 is 5.82 Å². The number of hydrogen-bond acceptors (Lipinski definition) is 6. The average Bonchev–Trinajstić information content (AvgIpc) is 3.32. The van der Waals surface area contributed by atoms with Gasteiger partial charge in [-0.05, 0) is 55.3 Å². The Balaban J connectivity index is 1.39. The number of pyridine rings is 3. The van der Waals surface area contributed by atoms with Crippen LogP contribution < -0.4 is 15.8 Å². The molecule has 6 rings (SSSR count). The van der Waals surface area contributed by atoms with Crippen molar-refractivity contribution < 1.29 is 9.50 Å². The maximum atomic E-state index is 15.0. The molecule has 4 aromatic heterocycles. The van der Waals surface area contributed by atoms with Crippen LogP contribution in [0.5, 0.6) is 0 Å². The van der Waals surface area contributed by atoms with Gasteiger partial charge in [-0.2, -0.15) is 0 Å². The Bertz CT molecular complexity index is 1590. The molecule has 1 aliphatic heterocycles. The summed E-state index contributed by atoms with van der Waals surface area (Å²) in [6.45, 7) is 1.56. The Morgan fingerprint density at radius 1 is 1.06 bits per heavy atom. The van der Waals surface area contributed by atoms with Crippen LogP contribution in [-0.4, -0.2) is 44.2 Å². The average molecular weight is 471 g/mol. The van der Waals surface area contributed by atoms with Crippen molar-refractivity contribution in [1.82, 2.24) is 19.9 Å². The van der Waals surface area contributed by atoms with Crippen molar-refractivity contribution in [1.29, 1.82) is 0 Å². The van der Waals surface area contributed by atoms with E-state index in [-0.39, 0.29) is 11.7 Å². The molecule has 0 saturated carbocycles. The van der Waals surface area contributed by atoms with Gasteiger partial charge in [0.25, 0.3) is 5.56 Å². The van der Waals surface area contributed by atoms with Crippen LogP contribution in [0.1, 0.15) is 12.8 Å². The quantitative estimate of drug-likeness (QED) is 0.312. The molecule has 0 atom stereocenters. The topological polar surface area (TPSA) is 110 Å². The number of anilines is 3. The Kier molecular flexibility index (Phi) is 5.18. The second-order valence-corrected chi connectivity index (χ2v) is 8.76. The molecule has 1 aromatic carbocycles. The van der Waals surface area contributed by atoms with Crippen LogP contribution in [0.25, 0.3) is 33.1 Å². The molecular formula is C26H23FN6O2. The fraction of sp³-hybridized carbons (Fsp3) is 0.192. The van der Waals surface area contributed by atoms with E-state index in [2.05, 4.69) is 30.2 Å². The third kappa shape index (κ3) is 4.00. The number of benzene rings is 1. The molecule has 0 radical (unpaired) electrons. The highest BCUT2D eigenvalue weighted by atomic mass is 19.1. The number of fused-ring (bicyclic) bond motifs is 2. The molecule has 5 aromatic rings. The molecule has 0 aliphatic carbocycles. The molecule has 1 aliphatic rings. The number of aliphatic hydroxyl groups is 1. The maximum Gasteiger partial charge on any atom is 0.259 e. The van der Waals surface area contributed by atoms with Crippen molar-refractivity contribution in [2.45, 2.75) is 18.9 Å². The fourth-order valence-corrected chi connectivity index (χ4v) is 4.61. The number of nitrogens with one attached hydrogen (secondary N) is 3. The second-order valence-electron chi connectivity index (χ2n) is 8.76. The lowest BCUT2D eigenvalue weighted by atomic mass is 10.1. The van der Waals surface area contributed by atoms with E-state index in [1.54, 1.807) is 30.6 Å². The fourth-order valence-electron chi connectivity index (χ4n) is 4.61. The van der Waals surface area contributed by atoms with Crippen LogP contribution in [0, 0.1) is 5.82 Å². The van der Waals surface area contributed by atoms with Crippen molar-refractivity contribution in [3.63, 3.8) is 0 Å². The van der Waals surface area contributed by atoms with Gasteiger partial charge in [0.1, 0.15) is 11.6 Å². The van der Waals surface area contributed by atoms with Crippen LogP contribution in [0.15, 0.2) is 65.8 Å². The minimum Gasteiger partial charge on any atom is -0.393 e. The first kappa shape index (κ1) is 21.3. The van der Waals surface area contributed by atoms with Gasteiger partial charge in [-0.25, -0.2) is 14.4 Å². The van der Waals surface area contributed by atoms with Crippen LogP contribution in [-0.2, 0) is 0 Å². The third-order valence-electron chi connectivity index (χ3n) is 6.49. The zero-order valence-electron chi connectivity index (χ0n) is 18.8. The van der Waals surface area contributed by atoms with Crippen molar-refractivity contribution in [3.05, 3.63) is 77.2 Å². The van der Waals surface area contributed by atoms with Gasteiger partial charge in [0.15, 0.2) is 0 Å². The highest BCUT2D eigenvalue weighted by Crippen LogP contribution is 2.32. The molecule has 0 unspecified atom stereocenters. The lowest BCUT2D eigenvalue weighted by Crippen LogP contribution is -2.35. The molecule has 1 fully saturated rings. The molecule has 0 amide bonds. The summed E-state index contributed by atoms with van der Waals surface area (Å²) in [5.41, 5.74) is 3.08. The van der Waals surface area contributed by atoms with Crippen molar-refractivity contribution in [2.75, 3.05) is 23.3 Å². The molecule has 9 heteroatoms. The molecule has 1 saturated heterocycles. The van der Waals surface area contributed by atoms with E-state index >= 15 is 0 Å². The monoisotopic (exact) mass is 470 g/mol.